The van der Waals surface area contributed by atoms with E-state index in [0.717, 1.165) is 0 Å². The average Bonchev–Trinajstić information content (AvgIpc) is 1.64. The maximum atomic E-state index is 10.3. The van der Waals surface area contributed by atoms with Gasteiger partial charge in [-0.05, 0) is 5.41 Å². The van der Waals surface area contributed by atoms with Crippen LogP contribution in [-0.2, 0) is 4.79 Å². The third-order valence-electron chi connectivity index (χ3n) is 1.15. The van der Waals surface area contributed by atoms with Crippen molar-refractivity contribution in [3.63, 3.8) is 0 Å². The fraction of sp³-hybridized carbons (Fsp3) is 0.833. The van der Waals surface area contributed by atoms with E-state index in [9.17, 15) is 4.79 Å². The van der Waals surface area contributed by atoms with Crippen molar-refractivity contribution in [2.75, 3.05) is 0 Å². The van der Waals surface area contributed by atoms with Crippen LogP contribution in [0.2, 0.25) is 0 Å². The monoisotopic (exact) mass is 212 g/mol. The molecule has 0 spiro atoms. The molecular formula is C6H10BrClO. The van der Waals surface area contributed by atoms with Crippen LogP contribution in [0.1, 0.15) is 20.8 Å². The second-order valence-electron chi connectivity index (χ2n) is 2.99. The minimum absolute atomic E-state index is 0.240. The Morgan fingerprint density at radius 2 is 1.78 bits per heavy atom. The van der Waals surface area contributed by atoms with Gasteiger partial charge in [0.25, 0.3) is 0 Å². The molecule has 1 nitrogen and oxygen atoms in total. The minimum atomic E-state index is -0.917. The Labute approximate surface area is 68.9 Å². The summed E-state index contributed by atoms with van der Waals surface area (Å²) in [6, 6.07) is 0. The van der Waals surface area contributed by atoms with Crippen LogP contribution in [0, 0.1) is 5.41 Å². The molecule has 0 heterocycles. The van der Waals surface area contributed by atoms with Crippen molar-refractivity contribution in [2.45, 2.75) is 24.6 Å². The second kappa shape index (κ2) is 2.59. The summed E-state index contributed by atoms with van der Waals surface area (Å²) in [5.41, 5.74) is -0.240. The zero-order valence-electron chi connectivity index (χ0n) is 5.74. The van der Waals surface area contributed by atoms with Crippen LogP contribution in [0.15, 0.2) is 0 Å². The van der Waals surface area contributed by atoms with E-state index in [4.69, 9.17) is 11.6 Å². The van der Waals surface area contributed by atoms with E-state index in [0.29, 0.717) is 6.29 Å². The van der Waals surface area contributed by atoms with Crippen molar-refractivity contribution in [3.05, 3.63) is 0 Å². The van der Waals surface area contributed by atoms with E-state index < -0.39 is 3.78 Å². The lowest BCUT2D eigenvalue weighted by Crippen LogP contribution is -2.32. The summed E-state index contributed by atoms with van der Waals surface area (Å²) in [4.78, 5) is 10.3. The number of carbonyl (C=O) groups is 1. The zero-order valence-corrected chi connectivity index (χ0v) is 8.08. The molecule has 0 N–H and O–H groups in total. The molecule has 0 aliphatic carbocycles. The van der Waals surface area contributed by atoms with Gasteiger partial charge in [-0.3, -0.25) is 0 Å². The number of alkyl halides is 2. The molecule has 0 fully saturated rings. The molecule has 3 heteroatoms. The Kier molecular flexibility index (Phi) is 2.71. The van der Waals surface area contributed by atoms with Crippen molar-refractivity contribution in [1.82, 2.24) is 0 Å². The minimum Gasteiger partial charge on any atom is -0.300 e. The molecular weight excluding hydrogens is 203 g/mol. The zero-order chi connectivity index (χ0) is 7.71. The van der Waals surface area contributed by atoms with E-state index in [1.54, 1.807) is 0 Å². The van der Waals surface area contributed by atoms with E-state index in [-0.39, 0.29) is 5.41 Å². The van der Waals surface area contributed by atoms with Crippen molar-refractivity contribution < 1.29 is 4.79 Å². The highest BCUT2D eigenvalue weighted by atomic mass is 79.9. The van der Waals surface area contributed by atoms with Gasteiger partial charge in [-0.25, -0.2) is 0 Å². The first-order valence-electron chi connectivity index (χ1n) is 2.65. The van der Waals surface area contributed by atoms with Gasteiger partial charge in [-0.15, -0.1) is 0 Å². The van der Waals surface area contributed by atoms with Gasteiger partial charge in [-0.1, -0.05) is 48.3 Å². The SMILES string of the molecule is CC(C)(C)C(Cl)(Br)C=O. The van der Waals surface area contributed by atoms with Gasteiger partial charge in [0.05, 0.1) is 0 Å². The van der Waals surface area contributed by atoms with Gasteiger partial charge >= 0.3 is 0 Å². The third-order valence-corrected chi connectivity index (χ3v) is 3.18. The molecule has 0 rings (SSSR count). The van der Waals surface area contributed by atoms with Crippen molar-refractivity contribution in [1.29, 1.82) is 0 Å². The lowest BCUT2D eigenvalue weighted by molar-refractivity contribution is -0.109. The molecule has 0 aromatic rings. The van der Waals surface area contributed by atoms with Crippen LogP contribution >= 0.6 is 27.5 Å². The molecule has 1 unspecified atom stereocenters. The van der Waals surface area contributed by atoms with E-state index >= 15 is 0 Å². The molecule has 0 saturated heterocycles. The normalized spacial score (nSPS) is 18.8. The lowest BCUT2D eigenvalue weighted by Gasteiger charge is -2.28. The predicted molar refractivity (Wildman–Crippen MR) is 43.0 cm³/mol. The smallest absolute Gasteiger partial charge is 0.159 e. The van der Waals surface area contributed by atoms with Gasteiger partial charge in [0.15, 0.2) is 10.1 Å². The summed E-state index contributed by atoms with van der Waals surface area (Å²) in [5.74, 6) is 0. The summed E-state index contributed by atoms with van der Waals surface area (Å²) in [6.45, 7) is 5.68. The first kappa shape index (κ1) is 9.44. The quantitative estimate of drug-likeness (QED) is 0.483. The molecule has 0 aliphatic rings. The van der Waals surface area contributed by atoms with Crippen molar-refractivity contribution in [3.8, 4) is 0 Å². The average molecular weight is 214 g/mol. The lowest BCUT2D eigenvalue weighted by atomic mass is 9.92. The topological polar surface area (TPSA) is 17.1 Å². The van der Waals surface area contributed by atoms with Gasteiger partial charge < -0.3 is 4.79 Å². The number of hydrogen-bond acceptors (Lipinski definition) is 1. The molecule has 9 heavy (non-hydrogen) atoms. The van der Waals surface area contributed by atoms with Gasteiger partial charge in [0, 0.05) is 0 Å². The molecule has 1 atom stereocenters. The van der Waals surface area contributed by atoms with Crippen LogP contribution in [0.25, 0.3) is 0 Å². The highest BCUT2D eigenvalue weighted by Gasteiger charge is 2.37. The molecule has 0 amide bonds. The number of carbonyl (C=O) groups excluding carboxylic acids is 1. The van der Waals surface area contributed by atoms with E-state index in [1.165, 1.54) is 0 Å². The summed E-state index contributed by atoms with van der Waals surface area (Å²) >= 11 is 8.84. The highest BCUT2D eigenvalue weighted by molar-refractivity contribution is 9.10. The van der Waals surface area contributed by atoms with Gasteiger partial charge in [-0.2, -0.15) is 0 Å². The van der Waals surface area contributed by atoms with Crippen molar-refractivity contribution >= 4 is 33.8 Å². The molecule has 0 radical (unpaired) electrons. The Bertz CT molecular complexity index is 115. The van der Waals surface area contributed by atoms with Crippen LogP contribution in [0.4, 0.5) is 0 Å². The molecule has 0 aromatic carbocycles. The number of rotatable bonds is 1. The summed E-state index contributed by atoms with van der Waals surface area (Å²) in [7, 11) is 0. The second-order valence-corrected chi connectivity index (χ2v) is 5.29. The van der Waals surface area contributed by atoms with Crippen molar-refractivity contribution in [2.24, 2.45) is 5.41 Å². The summed E-state index contributed by atoms with van der Waals surface area (Å²) in [5, 5.41) is 0. The maximum Gasteiger partial charge on any atom is 0.159 e. The maximum absolute atomic E-state index is 10.3. The Hall–Kier alpha value is 0.440. The fourth-order valence-electron chi connectivity index (χ4n) is 0.177. The number of hydrogen-bond donors (Lipinski definition) is 0. The van der Waals surface area contributed by atoms with E-state index in [2.05, 4.69) is 15.9 Å². The number of halogens is 2. The molecule has 0 aromatic heterocycles. The fourth-order valence-corrected chi connectivity index (χ4v) is 0.177. The molecule has 54 valence electrons. The molecule has 0 saturated carbocycles. The summed E-state index contributed by atoms with van der Waals surface area (Å²) < 4.78 is -0.917. The Morgan fingerprint density at radius 1 is 1.44 bits per heavy atom. The van der Waals surface area contributed by atoms with Gasteiger partial charge in [0.2, 0.25) is 0 Å². The van der Waals surface area contributed by atoms with Crippen LogP contribution in [0.5, 0.6) is 0 Å². The summed E-state index contributed by atoms with van der Waals surface area (Å²) in [6.07, 6.45) is 0.703. The van der Waals surface area contributed by atoms with Crippen LogP contribution < -0.4 is 0 Å². The Morgan fingerprint density at radius 3 is 1.78 bits per heavy atom. The van der Waals surface area contributed by atoms with Gasteiger partial charge in [0.1, 0.15) is 0 Å². The standard InChI is InChI=1S/C6H10BrClO/c1-5(2,3)6(7,8)4-9/h4H,1-3H3. The first-order valence-corrected chi connectivity index (χ1v) is 3.82. The Balaban J connectivity index is 4.32. The largest absolute Gasteiger partial charge is 0.300 e. The molecule has 0 bridgehead atoms. The highest BCUT2D eigenvalue weighted by Crippen LogP contribution is 2.39. The third kappa shape index (κ3) is 2.26. The van der Waals surface area contributed by atoms with E-state index in [1.807, 2.05) is 20.8 Å². The predicted octanol–water partition coefficient (Wildman–Crippen LogP) is 2.56. The van der Waals surface area contributed by atoms with Crippen LogP contribution in [-0.4, -0.2) is 10.1 Å². The number of aldehydes is 1. The van der Waals surface area contributed by atoms with Crippen LogP contribution in [0.3, 0.4) is 0 Å². The first-order chi connectivity index (χ1) is 3.81. The molecule has 0 aliphatic heterocycles.